The van der Waals surface area contributed by atoms with Gasteiger partial charge >= 0.3 is 6.03 Å². The number of amides is 2. The van der Waals surface area contributed by atoms with Crippen molar-refractivity contribution in [1.82, 2.24) is 25.2 Å². The average molecular weight is 329 g/mol. The number of carbonyl (C=O) groups is 1. The summed E-state index contributed by atoms with van der Waals surface area (Å²) in [6.45, 7) is 2.16. The summed E-state index contributed by atoms with van der Waals surface area (Å²) in [6.07, 6.45) is 6.31. The molecule has 2 amide bonds. The van der Waals surface area contributed by atoms with Crippen LogP contribution in [0.4, 0.5) is 4.79 Å². The lowest BCUT2D eigenvalue weighted by molar-refractivity contribution is 0.192. The zero-order valence-electron chi connectivity index (χ0n) is 13.9. The Morgan fingerprint density at radius 1 is 1.46 bits per heavy atom. The van der Waals surface area contributed by atoms with Crippen molar-refractivity contribution in [2.45, 2.75) is 31.8 Å². The van der Waals surface area contributed by atoms with E-state index in [0.717, 1.165) is 43.7 Å². The Balaban J connectivity index is 1.53. The highest BCUT2D eigenvalue weighted by atomic mass is 16.5. The molecular formula is C17H23N5O2. The first-order chi connectivity index (χ1) is 11.8. The van der Waals surface area contributed by atoms with Crippen LogP contribution in [0, 0.1) is 0 Å². The van der Waals surface area contributed by atoms with Gasteiger partial charge in [0.1, 0.15) is 5.75 Å². The Kier molecular flexibility index (Phi) is 5.30. The Labute approximate surface area is 141 Å². The number of likely N-dealkylation sites (tertiary alicyclic amines) is 1. The van der Waals surface area contributed by atoms with Crippen molar-refractivity contribution in [3.8, 4) is 5.75 Å². The molecule has 0 radical (unpaired) electrons. The van der Waals surface area contributed by atoms with Gasteiger partial charge in [-0.15, -0.1) is 5.10 Å². The van der Waals surface area contributed by atoms with Gasteiger partial charge in [0.15, 0.2) is 0 Å². The van der Waals surface area contributed by atoms with Crippen molar-refractivity contribution >= 4 is 6.03 Å². The predicted molar refractivity (Wildman–Crippen MR) is 89.7 cm³/mol. The normalized spacial score (nSPS) is 17.0. The number of hydrogen-bond donors (Lipinski definition) is 1. The van der Waals surface area contributed by atoms with Gasteiger partial charge in [-0.1, -0.05) is 17.3 Å². The molecule has 0 saturated carbocycles. The van der Waals surface area contributed by atoms with Crippen LogP contribution in [-0.4, -0.2) is 46.1 Å². The van der Waals surface area contributed by atoms with Gasteiger partial charge in [-0.2, -0.15) is 0 Å². The number of benzene rings is 1. The third kappa shape index (κ3) is 3.84. The second kappa shape index (κ2) is 7.81. The summed E-state index contributed by atoms with van der Waals surface area (Å²) >= 11 is 0. The number of hydrogen-bond acceptors (Lipinski definition) is 4. The third-order valence-electron chi connectivity index (χ3n) is 4.30. The molecule has 1 saturated heterocycles. The highest BCUT2D eigenvalue weighted by molar-refractivity contribution is 5.75. The van der Waals surface area contributed by atoms with E-state index in [0.29, 0.717) is 6.54 Å². The van der Waals surface area contributed by atoms with Crippen LogP contribution in [0.5, 0.6) is 5.75 Å². The number of carbonyl (C=O) groups excluding carboxylic acids is 1. The number of aryl methyl sites for hydroxylation is 1. The minimum absolute atomic E-state index is 0.00101. The molecule has 1 atom stereocenters. The lowest BCUT2D eigenvalue weighted by atomic mass is 10.0. The number of methoxy groups -OCH3 is 1. The summed E-state index contributed by atoms with van der Waals surface area (Å²) < 4.78 is 7.06. The summed E-state index contributed by atoms with van der Waals surface area (Å²) in [7, 11) is 1.66. The molecule has 1 aliphatic rings. The minimum Gasteiger partial charge on any atom is -0.497 e. The summed E-state index contributed by atoms with van der Waals surface area (Å²) in [5, 5.41) is 10.7. The predicted octanol–water partition coefficient (Wildman–Crippen LogP) is 2.22. The zero-order valence-corrected chi connectivity index (χ0v) is 13.9. The minimum atomic E-state index is -0.00101. The molecule has 2 heterocycles. The number of ether oxygens (including phenoxy) is 1. The molecule has 0 bridgehead atoms. The fourth-order valence-electron chi connectivity index (χ4n) is 3.10. The van der Waals surface area contributed by atoms with Gasteiger partial charge in [0.2, 0.25) is 0 Å². The average Bonchev–Trinajstić information content (AvgIpc) is 3.30. The van der Waals surface area contributed by atoms with Crippen molar-refractivity contribution in [3.63, 3.8) is 0 Å². The summed E-state index contributed by atoms with van der Waals surface area (Å²) in [6, 6.07) is 8.09. The van der Waals surface area contributed by atoms with Gasteiger partial charge in [0.25, 0.3) is 0 Å². The lowest BCUT2D eigenvalue weighted by Crippen LogP contribution is -2.40. The fourth-order valence-corrected chi connectivity index (χ4v) is 3.10. The highest BCUT2D eigenvalue weighted by Crippen LogP contribution is 2.33. The van der Waals surface area contributed by atoms with Gasteiger partial charge in [-0.25, -0.2) is 4.79 Å². The first kappa shape index (κ1) is 16.3. The molecule has 1 aromatic carbocycles. The van der Waals surface area contributed by atoms with E-state index in [4.69, 9.17) is 4.74 Å². The van der Waals surface area contributed by atoms with Crippen LogP contribution < -0.4 is 10.1 Å². The smallest absolute Gasteiger partial charge is 0.317 e. The second-order valence-electron chi connectivity index (χ2n) is 5.88. The van der Waals surface area contributed by atoms with Gasteiger partial charge in [-0.3, -0.25) is 4.68 Å². The van der Waals surface area contributed by atoms with E-state index in [1.54, 1.807) is 18.0 Å². The third-order valence-corrected chi connectivity index (χ3v) is 4.30. The molecule has 0 aliphatic carbocycles. The van der Waals surface area contributed by atoms with E-state index in [-0.39, 0.29) is 12.1 Å². The molecule has 1 aromatic heterocycles. The van der Waals surface area contributed by atoms with Crippen LogP contribution in [0.2, 0.25) is 0 Å². The summed E-state index contributed by atoms with van der Waals surface area (Å²) in [5.41, 5.74) is 1.13. The van der Waals surface area contributed by atoms with Crippen molar-refractivity contribution in [3.05, 3.63) is 42.2 Å². The van der Waals surface area contributed by atoms with E-state index >= 15 is 0 Å². The van der Waals surface area contributed by atoms with Crippen LogP contribution in [-0.2, 0) is 6.54 Å². The standard InChI is InChI=1S/C17H23N5O2/c1-24-15-6-2-5-14(13-15)16-7-3-11-22(16)17(23)18-8-4-10-21-12-9-19-20-21/h2,5-6,9,12-13,16H,3-4,7-8,10-11H2,1H3,(H,18,23)/t16-/m1/s1. The highest BCUT2D eigenvalue weighted by Gasteiger charge is 2.29. The Morgan fingerprint density at radius 2 is 2.38 bits per heavy atom. The van der Waals surface area contributed by atoms with Crippen LogP contribution in [0.25, 0.3) is 0 Å². The molecule has 1 fully saturated rings. The first-order valence-corrected chi connectivity index (χ1v) is 8.30. The van der Waals surface area contributed by atoms with Gasteiger partial charge in [0.05, 0.1) is 19.3 Å². The van der Waals surface area contributed by atoms with E-state index in [1.165, 1.54) is 0 Å². The number of nitrogens with one attached hydrogen (secondary N) is 1. The number of urea groups is 1. The van der Waals surface area contributed by atoms with Gasteiger partial charge in [0, 0.05) is 25.8 Å². The first-order valence-electron chi connectivity index (χ1n) is 8.30. The molecule has 1 aliphatic heterocycles. The van der Waals surface area contributed by atoms with Crippen molar-refractivity contribution in [2.24, 2.45) is 0 Å². The quantitative estimate of drug-likeness (QED) is 0.825. The molecule has 3 rings (SSSR count). The molecule has 24 heavy (non-hydrogen) atoms. The number of rotatable bonds is 6. The lowest BCUT2D eigenvalue weighted by Gasteiger charge is -2.25. The molecule has 128 valence electrons. The van der Waals surface area contributed by atoms with Gasteiger partial charge < -0.3 is 15.0 Å². The number of nitrogens with zero attached hydrogens (tertiary/aromatic N) is 4. The second-order valence-corrected chi connectivity index (χ2v) is 5.88. The molecule has 2 aromatic rings. The molecular weight excluding hydrogens is 306 g/mol. The Bertz CT molecular complexity index is 659. The summed E-state index contributed by atoms with van der Waals surface area (Å²) in [4.78, 5) is 14.4. The maximum absolute atomic E-state index is 12.5. The van der Waals surface area contributed by atoms with Crippen molar-refractivity contribution in [2.75, 3.05) is 20.2 Å². The summed E-state index contributed by atoms with van der Waals surface area (Å²) in [5.74, 6) is 0.826. The largest absolute Gasteiger partial charge is 0.497 e. The molecule has 1 N–H and O–H groups in total. The zero-order chi connectivity index (χ0) is 16.8. The maximum Gasteiger partial charge on any atom is 0.317 e. The van der Waals surface area contributed by atoms with Gasteiger partial charge in [-0.05, 0) is 37.0 Å². The number of aromatic nitrogens is 3. The van der Waals surface area contributed by atoms with Crippen LogP contribution in [0.3, 0.4) is 0 Å². The molecule has 0 spiro atoms. The van der Waals surface area contributed by atoms with Crippen LogP contribution in [0.1, 0.15) is 30.9 Å². The Morgan fingerprint density at radius 3 is 3.17 bits per heavy atom. The van der Waals surface area contributed by atoms with Crippen LogP contribution >= 0.6 is 0 Å². The van der Waals surface area contributed by atoms with Crippen molar-refractivity contribution in [1.29, 1.82) is 0 Å². The van der Waals surface area contributed by atoms with E-state index in [2.05, 4.69) is 21.7 Å². The topological polar surface area (TPSA) is 72.3 Å². The SMILES string of the molecule is COc1cccc([C@H]2CCCN2C(=O)NCCCn2ccnn2)c1. The monoisotopic (exact) mass is 329 g/mol. The van der Waals surface area contributed by atoms with E-state index in [1.807, 2.05) is 29.3 Å². The maximum atomic E-state index is 12.5. The van der Waals surface area contributed by atoms with Crippen LogP contribution in [0.15, 0.2) is 36.7 Å². The van der Waals surface area contributed by atoms with E-state index < -0.39 is 0 Å². The van der Waals surface area contributed by atoms with Crippen molar-refractivity contribution < 1.29 is 9.53 Å². The Hall–Kier alpha value is -2.57. The molecule has 0 unspecified atom stereocenters. The molecule has 7 nitrogen and oxygen atoms in total. The fraction of sp³-hybridized carbons (Fsp3) is 0.471. The molecule has 7 heteroatoms. The van der Waals surface area contributed by atoms with E-state index in [9.17, 15) is 4.79 Å².